The lowest BCUT2D eigenvalue weighted by Gasteiger charge is -2.32. The number of aromatic amines is 1. The maximum Gasteiger partial charge on any atom is 0.330 e. The largest absolute Gasteiger partial charge is 0.358 e. The van der Waals surface area contributed by atoms with Gasteiger partial charge in [-0.05, 0) is 39.5 Å². The fraction of sp³-hybridized carbons (Fsp3) is 0.714. The van der Waals surface area contributed by atoms with Crippen LogP contribution in [0.1, 0.15) is 40.5 Å². The molecule has 0 spiro atoms. The second-order valence-corrected chi connectivity index (χ2v) is 6.50. The molecule has 0 saturated carbocycles. The normalized spacial score (nSPS) is 20.6. The number of nitrogens with one attached hydrogen (secondary N) is 1. The van der Waals surface area contributed by atoms with Crippen LogP contribution in [0.5, 0.6) is 0 Å². The topological polar surface area (TPSA) is 58.1 Å². The Kier molecular flexibility index (Phi) is 3.56. The van der Waals surface area contributed by atoms with E-state index in [0.29, 0.717) is 11.7 Å². The predicted octanol–water partition coefficient (Wildman–Crippen LogP) is 1.53. The lowest BCUT2D eigenvalue weighted by molar-refractivity contribution is 0.365. The van der Waals surface area contributed by atoms with Crippen LogP contribution in [0.3, 0.4) is 0 Å². The highest BCUT2D eigenvalue weighted by atomic mass is 16.2. The average Bonchev–Trinajstić information content (AvgIpc) is 2.25. The van der Waals surface area contributed by atoms with E-state index in [1.54, 1.807) is 6.07 Å². The minimum absolute atomic E-state index is 0.232. The van der Waals surface area contributed by atoms with E-state index in [9.17, 15) is 9.59 Å². The molecule has 2 heterocycles. The molecule has 2 rings (SSSR count). The fourth-order valence-electron chi connectivity index (χ4n) is 2.70. The number of hydrogen-bond donors (Lipinski definition) is 1. The van der Waals surface area contributed by atoms with E-state index in [-0.39, 0.29) is 11.2 Å². The quantitative estimate of drug-likeness (QED) is 0.837. The molecule has 0 bridgehead atoms. The van der Waals surface area contributed by atoms with E-state index in [2.05, 4.69) is 16.8 Å². The monoisotopic (exact) mass is 265 g/mol. The molecular formula is C14H23N3O2. The van der Waals surface area contributed by atoms with Crippen LogP contribution in [0.15, 0.2) is 15.7 Å². The molecule has 19 heavy (non-hydrogen) atoms. The molecule has 1 unspecified atom stereocenters. The summed E-state index contributed by atoms with van der Waals surface area (Å²) in [6, 6.07) is 1.55. The van der Waals surface area contributed by atoms with Gasteiger partial charge in [-0.2, -0.15) is 0 Å². The van der Waals surface area contributed by atoms with Crippen LogP contribution in [0, 0.1) is 5.92 Å². The highest BCUT2D eigenvalue weighted by Crippen LogP contribution is 2.19. The third-order valence-corrected chi connectivity index (χ3v) is 3.59. The molecule has 1 aromatic rings. The number of rotatable bonds is 1. The highest BCUT2D eigenvalue weighted by molar-refractivity contribution is 5.37. The van der Waals surface area contributed by atoms with E-state index in [1.807, 2.05) is 20.8 Å². The summed E-state index contributed by atoms with van der Waals surface area (Å²) in [5.41, 5.74) is -1.06. The molecule has 1 aromatic heterocycles. The van der Waals surface area contributed by atoms with Crippen molar-refractivity contribution in [3.8, 4) is 0 Å². The SMILES string of the molecule is CC1CCCN(c2cc(=O)n(C(C)(C)C)c(=O)[nH]2)C1. The van der Waals surface area contributed by atoms with Gasteiger partial charge in [0.05, 0.1) is 0 Å². The zero-order valence-electron chi connectivity index (χ0n) is 12.2. The molecule has 1 N–H and O–H groups in total. The zero-order valence-corrected chi connectivity index (χ0v) is 12.2. The Balaban J connectivity index is 2.41. The van der Waals surface area contributed by atoms with Crippen LogP contribution in [0.4, 0.5) is 5.82 Å². The van der Waals surface area contributed by atoms with Gasteiger partial charge in [-0.15, -0.1) is 0 Å². The summed E-state index contributed by atoms with van der Waals surface area (Å²) >= 11 is 0. The number of nitrogens with zero attached hydrogens (tertiary/aromatic N) is 2. The van der Waals surface area contributed by atoms with E-state index in [0.717, 1.165) is 19.5 Å². The van der Waals surface area contributed by atoms with Crippen LogP contribution in [0.2, 0.25) is 0 Å². The van der Waals surface area contributed by atoms with Gasteiger partial charge in [-0.3, -0.25) is 14.3 Å². The van der Waals surface area contributed by atoms with Crippen molar-refractivity contribution >= 4 is 5.82 Å². The van der Waals surface area contributed by atoms with Crippen molar-refractivity contribution in [2.75, 3.05) is 18.0 Å². The third-order valence-electron chi connectivity index (χ3n) is 3.59. The number of anilines is 1. The van der Waals surface area contributed by atoms with Crippen LogP contribution >= 0.6 is 0 Å². The molecule has 5 nitrogen and oxygen atoms in total. The van der Waals surface area contributed by atoms with Crippen molar-refractivity contribution in [2.24, 2.45) is 5.92 Å². The average molecular weight is 265 g/mol. The van der Waals surface area contributed by atoms with Crippen molar-refractivity contribution in [1.29, 1.82) is 0 Å². The van der Waals surface area contributed by atoms with Gasteiger partial charge in [-0.1, -0.05) is 6.92 Å². The minimum Gasteiger partial charge on any atom is -0.358 e. The zero-order chi connectivity index (χ0) is 14.2. The molecular weight excluding hydrogens is 242 g/mol. The van der Waals surface area contributed by atoms with Gasteiger partial charge in [-0.25, -0.2) is 4.79 Å². The molecule has 1 fully saturated rings. The first-order chi connectivity index (χ1) is 8.79. The molecule has 0 radical (unpaired) electrons. The van der Waals surface area contributed by atoms with Crippen LogP contribution in [0.25, 0.3) is 0 Å². The lowest BCUT2D eigenvalue weighted by Crippen LogP contribution is -2.46. The Morgan fingerprint density at radius 2 is 2.00 bits per heavy atom. The molecule has 1 aliphatic rings. The molecule has 1 saturated heterocycles. The summed E-state index contributed by atoms with van der Waals surface area (Å²) in [7, 11) is 0. The summed E-state index contributed by atoms with van der Waals surface area (Å²) in [5, 5.41) is 0. The number of aromatic nitrogens is 2. The van der Waals surface area contributed by atoms with Gasteiger partial charge >= 0.3 is 5.69 Å². The Bertz CT molecular complexity index is 534. The molecule has 1 atom stereocenters. The van der Waals surface area contributed by atoms with E-state index in [1.165, 1.54) is 11.0 Å². The van der Waals surface area contributed by atoms with Gasteiger partial charge in [0.2, 0.25) is 0 Å². The van der Waals surface area contributed by atoms with E-state index in [4.69, 9.17) is 0 Å². The molecule has 5 heteroatoms. The first kappa shape index (κ1) is 13.9. The van der Waals surface area contributed by atoms with Crippen molar-refractivity contribution in [1.82, 2.24) is 9.55 Å². The van der Waals surface area contributed by atoms with Gasteiger partial charge in [0.1, 0.15) is 5.82 Å². The first-order valence-corrected chi connectivity index (χ1v) is 6.91. The van der Waals surface area contributed by atoms with Crippen molar-refractivity contribution in [3.63, 3.8) is 0 Å². The van der Waals surface area contributed by atoms with Crippen LogP contribution in [-0.4, -0.2) is 22.6 Å². The van der Waals surface area contributed by atoms with Gasteiger partial charge < -0.3 is 4.90 Å². The van der Waals surface area contributed by atoms with Crippen molar-refractivity contribution < 1.29 is 0 Å². The molecule has 0 aliphatic carbocycles. The van der Waals surface area contributed by atoms with E-state index >= 15 is 0 Å². The van der Waals surface area contributed by atoms with Gasteiger partial charge in [0.25, 0.3) is 5.56 Å². The van der Waals surface area contributed by atoms with Crippen molar-refractivity contribution in [3.05, 3.63) is 26.9 Å². The molecule has 106 valence electrons. The highest BCUT2D eigenvalue weighted by Gasteiger charge is 2.22. The smallest absolute Gasteiger partial charge is 0.330 e. The fourth-order valence-corrected chi connectivity index (χ4v) is 2.70. The molecule has 0 aromatic carbocycles. The predicted molar refractivity (Wildman–Crippen MR) is 76.9 cm³/mol. The third kappa shape index (κ3) is 2.91. The molecule has 0 amide bonds. The maximum atomic E-state index is 12.1. The Labute approximate surface area is 113 Å². The summed E-state index contributed by atoms with van der Waals surface area (Å²) in [6.45, 7) is 9.56. The van der Waals surface area contributed by atoms with E-state index < -0.39 is 5.54 Å². The lowest BCUT2D eigenvalue weighted by atomic mass is 10.0. The number of piperidine rings is 1. The maximum absolute atomic E-state index is 12.1. The van der Waals surface area contributed by atoms with Crippen LogP contribution in [-0.2, 0) is 5.54 Å². The van der Waals surface area contributed by atoms with Crippen molar-refractivity contribution in [2.45, 2.75) is 46.1 Å². The second kappa shape index (κ2) is 4.87. The summed E-state index contributed by atoms with van der Waals surface area (Å²) in [4.78, 5) is 29.2. The Morgan fingerprint density at radius 1 is 1.32 bits per heavy atom. The second-order valence-electron chi connectivity index (χ2n) is 6.50. The summed E-state index contributed by atoms with van der Waals surface area (Å²) < 4.78 is 1.27. The summed E-state index contributed by atoms with van der Waals surface area (Å²) in [5.74, 6) is 1.25. The van der Waals surface area contributed by atoms with Crippen LogP contribution < -0.4 is 16.1 Å². The summed E-state index contributed by atoms with van der Waals surface area (Å²) in [6.07, 6.45) is 2.31. The van der Waals surface area contributed by atoms with Gasteiger partial charge in [0, 0.05) is 24.7 Å². The number of H-pyrrole nitrogens is 1. The Morgan fingerprint density at radius 3 is 2.53 bits per heavy atom. The first-order valence-electron chi connectivity index (χ1n) is 6.91. The standard InChI is InChI=1S/C14H23N3O2/c1-10-6-5-7-16(9-10)11-8-12(18)17(13(19)15-11)14(2,3)4/h8,10H,5-7,9H2,1-4H3,(H,15,19). The van der Waals surface area contributed by atoms with Gasteiger partial charge in [0.15, 0.2) is 0 Å². The Hall–Kier alpha value is -1.52. The molecule has 1 aliphatic heterocycles. The number of hydrogen-bond acceptors (Lipinski definition) is 3. The minimum atomic E-state index is -0.502.